The predicted octanol–water partition coefficient (Wildman–Crippen LogP) is 3.35. The molecule has 3 aliphatic rings. The molecule has 3 saturated heterocycles. The molecule has 0 saturated carbocycles. The average Bonchev–Trinajstić information content (AvgIpc) is 1.67. The second-order valence-electron chi connectivity index (χ2n) is 21.5. The summed E-state index contributed by atoms with van der Waals surface area (Å²) >= 11 is 0. The number of ether oxygens (including phenoxy) is 15. The van der Waals surface area contributed by atoms with Crippen LogP contribution in [0.25, 0.3) is 12.2 Å². The van der Waals surface area contributed by atoms with Crippen molar-refractivity contribution in [2.75, 3.05) is 19.8 Å². The van der Waals surface area contributed by atoms with Crippen molar-refractivity contribution in [1.29, 1.82) is 0 Å². The van der Waals surface area contributed by atoms with Gasteiger partial charge in [0.25, 0.3) is 0 Å². The normalized spacial score (nSPS) is 22.6. The summed E-state index contributed by atoms with van der Waals surface area (Å²) in [7, 11) is 0. The predicted molar refractivity (Wildman–Crippen MR) is 312 cm³/mol. The smallest absolute Gasteiger partial charge is 0.349 e. The number of rotatable bonds is 23. The second-order valence-corrected chi connectivity index (χ2v) is 21.5. The molecule has 0 bridgehead atoms. The molecule has 12 atom stereocenters. The van der Waals surface area contributed by atoms with Crippen LogP contribution in [0.15, 0.2) is 116 Å². The van der Waals surface area contributed by atoms with E-state index in [-0.39, 0.29) is 53.8 Å². The number of carbonyl (C=O) groups is 12. The minimum atomic E-state index is -1.30. The summed E-state index contributed by atoms with van der Waals surface area (Å²) in [5.41, 5.74) is 0.695. The zero-order valence-electron chi connectivity index (χ0n) is 52.5. The fourth-order valence-electron chi connectivity index (χ4n) is 10.3. The van der Waals surface area contributed by atoms with E-state index in [0.717, 1.165) is 55.4 Å². The van der Waals surface area contributed by atoms with Gasteiger partial charge in [-0.15, -0.1) is 0 Å². The number of hydrogen-bond acceptors (Lipinski definition) is 27. The molecule has 0 amide bonds. The molecule has 6 heterocycles. The number of carbonyl (C=O) groups excluding carboxylic acids is 12. The molecule has 3 fully saturated rings. The largest absolute Gasteiger partial charge is 0.463 e. The van der Waals surface area contributed by atoms with Gasteiger partial charge in [0.15, 0.2) is 55.5 Å². The highest BCUT2D eigenvalue weighted by Gasteiger charge is 2.57. The van der Waals surface area contributed by atoms with Gasteiger partial charge >= 0.3 is 90.3 Å². The van der Waals surface area contributed by atoms with Gasteiger partial charge in [0.2, 0.25) is 18.3 Å². The highest BCUT2D eigenvalue weighted by atomic mass is 16.7. The van der Waals surface area contributed by atoms with E-state index in [4.69, 9.17) is 71.1 Å². The van der Waals surface area contributed by atoms with E-state index in [9.17, 15) is 57.5 Å². The third kappa shape index (κ3) is 19.1. The van der Waals surface area contributed by atoms with Crippen molar-refractivity contribution in [1.82, 2.24) is 0 Å². The molecule has 8 rings (SSSR count). The van der Waals surface area contributed by atoms with E-state index < -0.39 is 145 Å². The minimum Gasteiger partial charge on any atom is -0.463 e. The molecule has 1 unspecified atom stereocenters. The minimum absolute atomic E-state index is 0.0247. The number of pyridine rings is 3. The van der Waals surface area contributed by atoms with Crippen LogP contribution in [0.2, 0.25) is 0 Å². The van der Waals surface area contributed by atoms with Gasteiger partial charge in [-0.3, -0.25) is 43.2 Å². The molecule has 500 valence electrons. The lowest BCUT2D eigenvalue weighted by molar-refractivity contribution is -0.765. The molecule has 3 aliphatic heterocycles. The highest BCUT2D eigenvalue weighted by Crippen LogP contribution is 2.35. The first-order valence-corrected chi connectivity index (χ1v) is 29.2. The van der Waals surface area contributed by atoms with Crippen molar-refractivity contribution in [2.45, 2.75) is 136 Å². The molecule has 5 aromatic rings. The number of esters is 12. The summed E-state index contributed by atoms with van der Waals surface area (Å²) < 4.78 is 88.6. The van der Waals surface area contributed by atoms with Crippen molar-refractivity contribution in [3.05, 3.63) is 144 Å². The maximum Gasteiger partial charge on any atom is 0.349 e. The van der Waals surface area contributed by atoms with Crippen molar-refractivity contribution < 1.29 is 142 Å². The van der Waals surface area contributed by atoms with E-state index in [1.54, 1.807) is 24.3 Å². The summed E-state index contributed by atoms with van der Waals surface area (Å²) in [6, 6.07) is 19.0. The Morgan fingerprint density at radius 2 is 0.632 bits per heavy atom. The molecule has 3 aromatic heterocycles. The van der Waals surface area contributed by atoms with Crippen molar-refractivity contribution in [3.63, 3.8) is 0 Å². The Morgan fingerprint density at radius 3 is 0.926 bits per heavy atom. The van der Waals surface area contributed by atoms with Gasteiger partial charge in [-0.25, -0.2) is 14.4 Å². The maximum absolute atomic E-state index is 14.2. The van der Waals surface area contributed by atoms with Gasteiger partial charge < -0.3 is 71.1 Å². The number of nitrogens with zero attached hydrogens (tertiary/aromatic N) is 3. The third-order valence-electron chi connectivity index (χ3n) is 14.0. The first kappa shape index (κ1) is 70.0. The topological polar surface area (TPSA) is 355 Å². The summed E-state index contributed by atoms with van der Waals surface area (Å²) in [4.78, 5) is 151. The van der Waals surface area contributed by atoms with E-state index in [1.807, 2.05) is 0 Å². The molecule has 95 heavy (non-hydrogen) atoms. The van der Waals surface area contributed by atoms with Crippen molar-refractivity contribution >= 4 is 83.8 Å². The van der Waals surface area contributed by atoms with Crippen LogP contribution in [0.4, 0.5) is 0 Å². The molecule has 0 N–H and O–H groups in total. The van der Waals surface area contributed by atoms with Crippen LogP contribution in [-0.4, -0.2) is 146 Å². The zero-order valence-corrected chi connectivity index (χ0v) is 52.5. The van der Waals surface area contributed by atoms with E-state index in [0.29, 0.717) is 11.1 Å². The Labute approximate surface area is 541 Å². The molecule has 0 aliphatic carbocycles. The number of aromatic nitrogens is 3. The first-order valence-electron chi connectivity index (χ1n) is 29.2. The Morgan fingerprint density at radius 1 is 0.347 bits per heavy atom. The Bertz CT molecular complexity index is 3650. The SMILES string of the molecule is CC(=O)OC[C@H]1O[C@@H]([n+]2cccc(C(=O)Oc3cc(/C=C/c4ccc(OC(=O)c5ccc[n+]([C@@H]6O[C@H](COC(C)=O)[C@@H](OC(C)=O)[C@H]6OC(C)=O)c5)cc4)cc(OC(=O)c4ccc[n+]([C@@H]5O[C@H](COC(C)=O)[C@@H](OC(C)=O)[C@H]5OC(C)=O)c4)c3)c2)[C@H](OC(C)=O)C1OC(C)=O. The summed E-state index contributed by atoms with van der Waals surface area (Å²) in [6.07, 6.45) is -2.76. The van der Waals surface area contributed by atoms with Gasteiger partial charge in [-0.05, 0) is 53.6 Å². The standard InChI is InChI=1S/C65H66N3O27/c1-34(69)81-31-51-54(84-37(4)72)57(87-40(7)75)60(93-51)66-22-10-13-45(28-66)63(78)90-48-20-18-43(19-21-48)16-17-44-25-49(91-64(79)46-14-11-23-67(29-46)61-58(88-41(8)76)55(85-38(5)73)52(94-61)32-82-35(2)70)27-50(26-44)92-65(80)47-15-12-24-68(30-47)62-59(89-42(9)77)56(86-39(6)74)53(95-62)33-83-36(3)71/h10-30,51-62H,31-33H2,1-9H3/q+3/b17-16+/t51-,52-,53-,54-,55-,56?,57-,58-,59-,60-,61-,62-/m1/s1. The zero-order chi connectivity index (χ0) is 68.8. The number of benzene rings is 2. The van der Waals surface area contributed by atoms with Gasteiger partial charge in [-0.2, -0.15) is 13.7 Å². The average molecular weight is 1320 g/mol. The molecular formula is C65H66N3O27+3. The quantitative estimate of drug-likeness (QED) is 0.0297. The molecule has 0 radical (unpaired) electrons. The van der Waals surface area contributed by atoms with E-state index in [1.165, 1.54) is 125 Å². The third-order valence-corrected chi connectivity index (χ3v) is 14.0. The Kier molecular flexibility index (Phi) is 23.3. The van der Waals surface area contributed by atoms with Crippen LogP contribution in [0.5, 0.6) is 17.2 Å². The fraction of sp³-hybridized carbons (Fsp3) is 0.369. The summed E-state index contributed by atoms with van der Waals surface area (Å²) in [6.45, 7) is 9.19. The lowest BCUT2D eigenvalue weighted by Gasteiger charge is -2.21. The molecule has 30 heteroatoms. The van der Waals surface area contributed by atoms with Gasteiger partial charge in [0.05, 0.1) is 0 Å². The van der Waals surface area contributed by atoms with Gasteiger partial charge in [-0.1, -0.05) is 24.3 Å². The maximum atomic E-state index is 14.2. The van der Waals surface area contributed by atoms with Crippen LogP contribution in [0.3, 0.4) is 0 Å². The van der Waals surface area contributed by atoms with E-state index >= 15 is 0 Å². The van der Waals surface area contributed by atoms with Crippen molar-refractivity contribution in [2.24, 2.45) is 0 Å². The lowest BCUT2D eigenvalue weighted by atomic mass is 10.1. The second kappa shape index (κ2) is 31.7. The van der Waals surface area contributed by atoms with Gasteiger partial charge in [0.1, 0.15) is 72.1 Å². The van der Waals surface area contributed by atoms with Crippen LogP contribution in [-0.2, 0) is 100.0 Å². The van der Waals surface area contributed by atoms with Crippen LogP contribution < -0.4 is 27.9 Å². The first-order chi connectivity index (χ1) is 45.2. The fourth-order valence-corrected chi connectivity index (χ4v) is 10.3. The molecule has 30 nitrogen and oxygen atoms in total. The van der Waals surface area contributed by atoms with Crippen LogP contribution in [0.1, 0.15) is 123 Å². The van der Waals surface area contributed by atoms with Crippen LogP contribution >= 0.6 is 0 Å². The highest BCUT2D eigenvalue weighted by molar-refractivity contribution is 5.92. The summed E-state index contributed by atoms with van der Waals surface area (Å²) in [5.74, 6) is -9.37. The monoisotopic (exact) mass is 1320 g/mol. The lowest BCUT2D eigenvalue weighted by Crippen LogP contribution is -2.48. The van der Waals surface area contributed by atoms with Gasteiger partial charge in [0, 0.05) is 86.6 Å². The Balaban J connectivity index is 1.06. The Hall–Kier alpha value is -10.8. The number of hydrogen-bond donors (Lipinski definition) is 0. The van der Waals surface area contributed by atoms with Crippen LogP contribution in [0, 0.1) is 0 Å². The molecular weight excluding hydrogens is 1250 g/mol. The summed E-state index contributed by atoms with van der Waals surface area (Å²) in [5, 5.41) is 0. The van der Waals surface area contributed by atoms with Crippen molar-refractivity contribution in [3.8, 4) is 17.2 Å². The molecule has 2 aromatic carbocycles. The molecule has 0 spiro atoms. The van der Waals surface area contributed by atoms with E-state index in [2.05, 4.69) is 0 Å².